The number of aliphatic hydroxyl groups is 1. The van der Waals surface area contributed by atoms with Crippen molar-refractivity contribution < 1.29 is 19.4 Å². The van der Waals surface area contributed by atoms with Crippen LogP contribution in [0.4, 0.5) is 0 Å². The van der Waals surface area contributed by atoms with Crippen LogP contribution in [0.15, 0.2) is 35.4 Å². The van der Waals surface area contributed by atoms with Crippen LogP contribution in [0.1, 0.15) is 53.5 Å². The molecule has 8 heteroatoms. The molecule has 0 saturated heterocycles. The standard InChI is InChI=1S/C14H20N4O4.C3H8.2C2H6/c1-22-12(18-17-9-19)8-16-14(21)13(20)11(15)7-10-5-3-2-4-6-10;1-3-2;2*1-2/h2-6,9,11,13,20H,7-8,15H2,1H3,(H,16,21)(H,17,19);3H2,1-2H3;2*1-2H3/b18-12-;;;. The Hall–Kier alpha value is -2.45. The molecule has 0 saturated carbocycles. The van der Waals surface area contributed by atoms with Crippen molar-refractivity contribution in [3.05, 3.63) is 35.9 Å². The van der Waals surface area contributed by atoms with Gasteiger partial charge in [0, 0.05) is 6.04 Å². The maximum atomic E-state index is 11.8. The molecule has 0 bridgehead atoms. The topological polar surface area (TPSA) is 126 Å². The molecule has 0 fully saturated rings. The van der Waals surface area contributed by atoms with Gasteiger partial charge in [0.1, 0.15) is 6.10 Å². The first kappa shape index (κ1) is 31.3. The van der Waals surface area contributed by atoms with Crippen LogP contribution >= 0.6 is 0 Å². The van der Waals surface area contributed by atoms with Gasteiger partial charge in [-0.1, -0.05) is 78.3 Å². The summed E-state index contributed by atoms with van der Waals surface area (Å²) in [7, 11) is 1.34. The number of hydrogen-bond acceptors (Lipinski definition) is 6. The predicted octanol–water partition coefficient (Wildman–Crippen LogP) is 2.21. The van der Waals surface area contributed by atoms with E-state index in [2.05, 4.69) is 29.7 Å². The number of aliphatic hydroxyl groups excluding tert-OH is 1. The summed E-state index contributed by atoms with van der Waals surface area (Å²) in [4.78, 5) is 21.9. The Morgan fingerprint density at radius 1 is 1.21 bits per heavy atom. The fourth-order valence-electron chi connectivity index (χ4n) is 1.72. The van der Waals surface area contributed by atoms with Crippen molar-refractivity contribution >= 4 is 18.2 Å². The van der Waals surface area contributed by atoms with Crippen LogP contribution in [-0.2, 0) is 20.7 Å². The van der Waals surface area contributed by atoms with Gasteiger partial charge >= 0.3 is 0 Å². The fourth-order valence-corrected chi connectivity index (χ4v) is 1.72. The predicted molar refractivity (Wildman–Crippen MR) is 119 cm³/mol. The number of rotatable bonds is 8. The highest BCUT2D eigenvalue weighted by molar-refractivity contribution is 5.87. The number of methoxy groups -OCH3 is 1. The normalized spacial score (nSPS) is 11.6. The van der Waals surface area contributed by atoms with E-state index in [9.17, 15) is 14.7 Å². The number of ether oxygens (including phenoxy) is 1. The second kappa shape index (κ2) is 23.6. The van der Waals surface area contributed by atoms with Crippen molar-refractivity contribution in [1.29, 1.82) is 0 Å². The van der Waals surface area contributed by atoms with Crippen molar-refractivity contribution in [2.24, 2.45) is 10.8 Å². The molecule has 0 aliphatic rings. The molecule has 1 rings (SSSR count). The SMILES string of the molecule is CC.CC.CCC.CO/C(CNC(=O)C(O)C(N)Cc1ccccc1)=N\NC=O. The third kappa shape index (κ3) is 17.4. The summed E-state index contributed by atoms with van der Waals surface area (Å²) in [5.74, 6) is -0.552. The molecule has 1 aromatic rings. The largest absolute Gasteiger partial charge is 0.482 e. The van der Waals surface area contributed by atoms with Gasteiger partial charge in [-0.3, -0.25) is 9.59 Å². The van der Waals surface area contributed by atoms with E-state index in [-0.39, 0.29) is 12.4 Å². The lowest BCUT2D eigenvalue weighted by Gasteiger charge is -2.18. The van der Waals surface area contributed by atoms with E-state index in [0.717, 1.165) is 5.56 Å². The highest BCUT2D eigenvalue weighted by Gasteiger charge is 2.23. The molecule has 1 aromatic carbocycles. The lowest BCUT2D eigenvalue weighted by molar-refractivity contribution is -0.130. The third-order valence-corrected chi connectivity index (χ3v) is 2.88. The van der Waals surface area contributed by atoms with E-state index in [0.29, 0.717) is 12.8 Å². The van der Waals surface area contributed by atoms with Crippen LogP contribution in [0.25, 0.3) is 0 Å². The second-order valence-corrected chi connectivity index (χ2v) is 5.18. The second-order valence-electron chi connectivity index (χ2n) is 5.18. The number of nitrogens with two attached hydrogens (primary N) is 1. The zero-order valence-corrected chi connectivity index (χ0v) is 18.9. The Kier molecular flexibility index (Phi) is 25.4. The first-order valence-corrected chi connectivity index (χ1v) is 10.0. The van der Waals surface area contributed by atoms with Gasteiger partial charge in [0.05, 0.1) is 13.7 Å². The van der Waals surface area contributed by atoms with Gasteiger partial charge in [-0.05, 0) is 12.0 Å². The van der Waals surface area contributed by atoms with Gasteiger partial charge < -0.3 is 20.9 Å². The Morgan fingerprint density at radius 2 is 1.72 bits per heavy atom. The Bertz CT molecular complexity index is 525. The molecular formula is C21H40N4O4. The lowest BCUT2D eigenvalue weighted by atomic mass is 10.0. The van der Waals surface area contributed by atoms with Crippen molar-refractivity contribution in [1.82, 2.24) is 10.7 Å². The molecule has 29 heavy (non-hydrogen) atoms. The van der Waals surface area contributed by atoms with Crippen molar-refractivity contribution in [3.8, 4) is 0 Å². The van der Waals surface area contributed by atoms with Crippen LogP contribution in [0.3, 0.4) is 0 Å². The Labute approximate surface area is 175 Å². The van der Waals surface area contributed by atoms with Gasteiger partial charge in [-0.25, -0.2) is 5.43 Å². The van der Waals surface area contributed by atoms with Crippen LogP contribution in [0.2, 0.25) is 0 Å². The zero-order chi connectivity index (χ0) is 23.1. The number of amides is 2. The van der Waals surface area contributed by atoms with Crippen LogP contribution in [0.5, 0.6) is 0 Å². The van der Waals surface area contributed by atoms with Gasteiger partial charge in [-0.2, -0.15) is 0 Å². The molecule has 2 amide bonds. The zero-order valence-electron chi connectivity index (χ0n) is 18.9. The van der Waals surface area contributed by atoms with Crippen molar-refractivity contribution in [3.63, 3.8) is 0 Å². The molecule has 8 nitrogen and oxygen atoms in total. The Balaban J connectivity index is -0.000000856. The van der Waals surface area contributed by atoms with E-state index in [1.165, 1.54) is 13.5 Å². The first-order chi connectivity index (χ1) is 14.0. The summed E-state index contributed by atoms with van der Waals surface area (Å²) in [6.45, 7) is 12.2. The van der Waals surface area contributed by atoms with Gasteiger partial charge in [0.2, 0.25) is 12.3 Å². The summed E-state index contributed by atoms with van der Waals surface area (Å²) < 4.78 is 4.84. The quantitative estimate of drug-likeness (QED) is 0.225. The maximum absolute atomic E-state index is 11.8. The smallest absolute Gasteiger partial charge is 0.250 e. The monoisotopic (exact) mass is 412 g/mol. The van der Waals surface area contributed by atoms with Gasteiger partial charge in [-0.15, -0.1) is 5.10 Å². The van der Waals surface area contributed by atoms with Crippen LogP contribution < -0.4 is 16.5 Å². The maximum Gasteiger partial charge on any atom is 0.250 e. The van der Waals surface area contributed by atoms with E-state index in [1.807, 2.05) is 58.0 Å². The highest BCUT2D eigenvalue weighted by Crippen LogP contribution is 2.04. The summed E-state index contributed by atoms with van der Waals surface area (Å²) in [6.07, 6.45) is 0.621. The number of hydrogen-bond donors (Lipinski definition) is 4. The number of nitrogens with zero attached hydrogens (tertiary/aromatic N) is 1. The third-order valence-electron chi connectivity index (χ3n) is 2.88. The molecule has 168 valence electrons. The molecule has 2 atom stereocenters. The number of carbonyl (C=O) groups is 2. The van der Waals surface area contributed by atoms with Crippen LogP contribution in [0, 0.1) is 0 Å². The van der Waals surface area contributed by atoms with Crippen molar-refractivity contribution in [2.75, 3.05) is 13.7 Å². The fraction of sp³-hybridized carbons (Fsp3) is 0.571. The van der Waals surface area contributed by atoms with Crippen molar-refractivity contribution in [2.45, 2.75) is 66.5 Å². The minimum atomic E-state index is -1.36. The molecule has 0 radical (unpaired) electrons. The van der Waals surface area contributed by atoms with E-state index in [4.69, 9.17) is 10.5 Å². The van der Waals surface area contributed by atoms with Gasteiger partial charge in [0.25, 0.3) is 5.91 Å². The molecule has 5 N–H and O–H groups in total. The number of hydrazone groups is 1. The Morgan fingerprint density at radius 3 is 2.17 bits per heavy atom. The van der Waals surface area contributed by atoms with E-state index < -0.39 is 18.1 Å². The summed E-state index contributed by atoms with van der Waals surface area (Å²) in [6, 6.07) is 8.58. The molecule has 0 heterocycles. The molecule has 0 aliphatic carbocycles. The highest BCUT2D eigenvalue weighted by atomic mass is 16.5. The molecule has 0 spiro atoms. The lowest BCUT2D eigenvalue weighted by Crippen LogP contribution is -2.48. The average molecular weight is 413 g/mol. The van der Waals surface area contributed by atoms with Crippen LogP contribution in [-0.4, -0.2) is 49.1 Å². The number of benzene rings is 1. The molecular weight excluding hydrogens is 372 g/mol. The number of carbonyl (C=O) groups excluding carboxylic acids is 2. The summed E-state index contributed by atoms with van der Waals surface area (Å²) >= 11 is 0. The van der Waals surface area contributed by atoms with E-state index in [1.54, 1.807) is 0 Å². The summed E-state index contributed by atoms with van der Waals surface area (Å²) in [5, 5.41) is 15.9. The number of nitrogens with one attached hydrogen (secondary N) is 2. The minimum Gasteiger partial charge on any atom is -0.482 e. The molecule has 0 aliphatic heterocycles. The van der Waals surface area contributed by atoms with Gasteiger partial charge in [0.15, 0.2) is 0 Å². The first-order valence-electron chi connectivity index (χ1n) is 10.0. The molecule has 2 unspecified atom stereocenters. The molecule has 0 aromatic heterocycles. The summed E-state index contributed by atoms with van der Waals surface area (Å²) in [5.41, 5.74) is 8.82. The minimum absolute atomic E-state index is 0.0781. The average Bonchev–Trinajstić information content (AvgIpc) is 2.77. The van der Waals surface area contributed by atoms with E-state index >= 15 is 0 Å².